The SMILES string of the molecule is O=C1C=C(NC(=O)C(=O)c2cn(Cc3ccc(F)cc3)c3cc(Cl)ccc23)CO1. The molecular formula is C21H14ClFN2O4. The van der Waals surface area contributed by atoms with E-state index in [-0.39, 0.29) is 23.7 Å². The lowest BCUT2D eigenvalue weighted by Gasteiger charge is -2.06. The molecule has 1 N–H and O–H groups in total. The Balaban J connectivity index is 1.68. The average Bonchev–Trinajstić information content (AvgIpc) is 3.26. The molecule has 29 heavy (non-hydrogen) atoms. The van der Waals surface area contributed by atoms with Crippen molar-refractivity contribution in [3.05, 3.63) is 82.4 Å². The maximum atomic E-state index is 13.2. The zero-order valence-electron chi connectivity index (χ0n) is 14.9. The number of hydrogen-bond acceptors (Lipinski definition) is 4. The molecule has 1 aliphatic rings. The number of carbonyl (C=O) groups excluding carboxylic acids is 3. The Morgan fingerprint density at radius 2 is 1.93 bits per heavy atom. The number of ketones is 1. The van der Waals surface area contributed by atoms with Crippen LogP contribution in [0.25, 0.3) is 10.9 Å². The number of fused-ring (bicyclic) bond motifs is 1. The third-order valence-electron chi connectivity index (χ3n) is 4.50. The van der Waals surface area contributed by atoms with E-state index in [4.69, 9.17) is 16.3 Å². The van der Waals surface area contributed by atoms with Crippen molar-refractivity contribution in [2.75, 3.05) is 6.61 Å². The Morgan fingerprint density at radius 3 is 2.62 bits per heavy atom. The summed E-state index contributed by atoms with van der Waals surface area (Å²) >= 11 is 6.11. The van der Waals surface area contributed by atoms with Crippen LogP contribution in [0.1, 0.15) is 15.9 Å². The Kier molecular flexibility index (Phi) is 4.90. The van der Waals surface area contributed by atoms with Gasteiger partial charge in [0.25, 0.3) is 11.7 Å². The zero-order chi connectivity index (χ0) is 20.5. The summed E-state index contributed by atoms with van der Waals surface area (Å²) in [6.07, 6.45) is 2.69. The molecule has 3 aromatic rings. The van der Waals surface area contributed by atoms with Gasteiger partial charge in [-0.2, -0.15) is 0 Å². The van der Waals surface area contributed by atoms with Gasteiger partial charge in [0.15, 0.2) is 0 Å². The summed E-state index contributed by atoms with van der Waals surface area (Å²) in [6.45, 7) is 0.277. The minimum atomic E-state index is -0.870. The second-order valence-electron chi connectivity index (χ2n) is 6.52. The number of rotatable bonds is 5. The zero-order valence-corrected chi connectivity index (χ0v) is 15.7. The summed E-state index contributed by atoms with van der Waals surface area (Å²) in [7, 11) is 0. The van der Waals surface area contributed by atoms with Crippen molar-refractivity contribution in [3.8, 4) is 0 Å². The molecular weight excluding hydrogens is 399 g/mol. The first kappa shape index (κ1) is 18.9. The molecule has 0 saturated heterocycles. The molecule has 1 aromatic heterocycles. The van der Waals surface area contributed by atoms with Gasteiger partial charge in [0.1, 0.15) is 12.4 Å². The van der Waals surface area contributed by atoms with E-state index in [1.807, 2.05) is 0 Å². The van der Waals surface area contributed by atoms with E-state index in [1.54, 1.807) is 41.1 Å². The van der Waals surface area contributed by atoms with E-state index in [1.165, 1.54) is 12.1 Å². The minimum absolute atomic E-state index is 0.0835. The Bertz CT molecular complexity index is 1180. The van der Waals surface area contributed by atoms with E-state index in [0.717, 1.165) is 11.6 Å². The summed E-state index contributed by atoms with van der Waals surface area (Å²) < 4.78 is 19.7. The number of aromatic nitrogens is 1. The van der Waals surface area contributed by atoms with Crippen LogP contribution in [0.3, 0.4) is 0 Å². The first-order chi connectivity index (χ1) is 13.9. The Labute approximate surface area is 169 Å². The fourth-order valence-corrected chi connectivity index (χ4v) is 3.30. The monoisotopic (exact) mass is 412 g/mol. The van der Waals surface area contributed by atoms with Crippen LogP contribution in [0.4, 0.5) is 4.39 Å². The van der Waals surface area contributed by atoms with E-state index in [2.05, 4.69) is 5.32 Å². The molecule has 0 saturated carbocycles. The van der Waals surface area contributed by atoms with Gasteiger partial charge in [0.2, 0.25) is 0 Å². The Morgan fingerprint density at radius 1 is 1.17 bits per heavy atom. The van der Waals surface area contributed by atoms with Crippen molar-refractivity contribution >= 4 is 40.2 Å². The number of ether oxygens (including phenoxy) is 1. The number of halogens is 2. The van der Waals surface area contributed by atoms with Crippen LogP contribution in [0, 0.1) is 5.82 Å². The number of Topliss-reactive ketones (excluding diaryl/α,β-unsaturated/α-hetero) is 1. The molecule has 1 aliphatic heterocycles. The standard InChI is InChI=1S/C21H14ClFN2O4/c22-13-3-6-16-17(20(27)21(28)24-15-8-19(26)29-11-15)10-25(18(16)7-13)9-12-1-4-14(23)5-2-12/h1-8,10H,9,11H2,(H,24,28). The molecule has 0 radical (unpaired) electrons. The van der Waals surface area contributed by atoms with Crippen molar-refractivity contribution in [1.29, 1.82) is 0 Å². The highest BCUT2D eigenvalue weighted by Gasteiger charge is 2.24. The van der Waals surface area contributed by atoms with Crippen LogP contribution in [0.5, 0.6) is 0 Å². The third-order valence-corrected chi connectivity index (χ3v) is 4.73. The van der Waals surface area contributed by atoms with E-state index >= 15 is 0 Å². The molecule has 6 nitrogen and oxygen atoms in total. The Hall–Kier alpha value is -3.45. The van der Waals surface area contributed by atoms with Gasteiger partial charge >= 0.3 is 5.97 Å². The first-order valence-electron chi connectivity index (χ1n) is 8.66. The molecule has 0 aliphatic carbocycles. The summed E-state index contributed by atoms with van der Waals surface area (Å²) in [5, 5.41) is 3.44. The summed E-state index contributed by atoms with van der Waals surface area (Å²) in [5.74, 6) is -2.54. The highest BCUT2D eigenvalue weighted by atomic mass is 35.5. The normalized spacial score (nSPS) is 13.3. The number of esters is 1. The predicted octanol–water partition coefficient (Wildman–Crippen LogP) is 3.22. The topological polar surface area (TPSA) is 77.4 Å². The van der Waals surface area contributed by atoms with Gasteiger partial charge in [-0.3, -0.25) is 9.59 Å². The van der Waals surface area contributed by atoms with E-state index in [9.17, 15) is 18.8 Å². The summed E-state index contributed by atoms with van der Waals surface area (Å²) in [5.41, 5.74) is 1.91. The van der Waals surface area contributed by atoms with Crippen molar-refractivity contribution in [2.45, 2.75) is 6.54 Å². The largest absolute Gasteiger partial charge is 0.456 e. The molecule has 2 aromatic carbocycles. The lowest BCUT2D eigenvalue weighted by molar-refractivity contribution is -0.135. The molecule has 4 rings (SSSR count). The molecule has 8 heteroatoms. The molecule has 0 fully saturated rings. The lowest BCUT2D eigenvalue weighted by atomic mass is 10.1. The van der Waals surface area contributed by atoms with Crippen molar-refractivity contribution in [3.63, 3.8) is 0 Å². The van der Waals surface area contributed by atoms with Gasteiger partial charge in [0.05, 0.1) is 16.8 Å². The smallest absolute Gasteiger partial charge is 0.333 e. The van der Waals surface area contributed by atoms with Crippen LogP contribution in [0.2, 0.25) is 5.02 Å². The van der Waals surface area contributed by atoms with Crippen LogP contribution in [-0.2, 0) is 20.9 Å². The number of carbonyl (C=O) groups is 3. The molecule has 0 atom stereocenters. The van der Waals surface area contributed by atoms with Crippen LogP contribution >= 0.6 is 11.6 Å². The molecule has 0 unspecified atom stereocenters. The lowest BCUT2D eigenvalue weighted by Crippen LogP contribution is -2.31. The average molecular weight is 413 g/mol. The van der Waals surface area contributed by atoms with Crippen LogP contribution in [0.15, 0.2) is 60.4 Å². The summed E-state index contributed by atoms with van der Waals surface area (Å²) in [4.78, 5) is 36.2. The molecule has 0 bridgehead atoms. The number of nitrogens with zero attached hydrogens (tertiary/aromatic N) is 1. The third kappa shape index (κ3) is 3.90. The molecule has 2 heterocycles. The number of amides is 1. The highest BCUT2D eigenvalue weighted by molar-refractivity contribution is 6.45. The first-order valence-corrected chi connectivity index (χ1v) is 9.04. The van der Waals surface area contributed by atoms with Gasteiger partial charge in [-0.15, -0.1) is 0 Å². The quantitative estimate of drug-likeness (QED) is 0.396. The van der Waals surface area contributed by atoms with Crippen LogP contribution < -0.4 is 5.32 Å². The van der Waals surface area contributed by atoms with Gasteiger partial charge in [-0.05, 0) is 29.8 Å². The number of cyclic esters (lactones) is 1. The van der Waals surface area contributed by atoms with Crippen molar-refractivity contribution < 1.29 is 23.5 Å². The fraction of sp³-hybridized carbons (Fsp3) is 0.0952. The van der Waals surface area contributed by atoms with Crippen molar-refractivity contribution in [1.82, 2.24) is 9.88 Å². The second-order valence-corrected chi connectivity index (χ2v) is 6.96. The number of hydrogen-bond donors (Lipinski definition) is 1. The van der Waals surface area contributed by atoms with Gasteiger partial charge in [0, 0.05) is 29.2 Å². The molecule has 146 valence electrons. The highest BCUT2D eigenvalue weighted by Crippen LogP contribution is 2.26. The van der Waals surface area contributed by atoms with Gasteiger partial charge in [-0.1, -0.05) is 29.8 Å². The fourth-order valence-electron chi connectivity index (χ4n) is 3.13. The van der Waals surface area contributed by atoms with Gasteiger partial charge < -0.3 is 14.6 Å². The minimum Gasteiger partial charge on any atom is -0.456 e. The second kappa shape index (κ2) is 7.52. The summed E-state index contributed by atoms with van der Waals surface area (Å²) in [6, 6.07) is 11.0. The van der Waals surface area contributed by atoms with E-state index in [0.29, 0.717) is 22.5 Å². The molecule has 0 spiro atoms. The number of benzene rings is 2. The maximum absolute atomic E-state index is 13.2. The maximum Gasteiger partial charge on any atom is 0.333 e. The van der Waals surface area contributed by atoms with Gasteiger partial charge in [-0.25, -0.2) is 9.18 Å². The number of nitrogens with one attached hydrogen (secondary N) is 1. The van der Waals surface area contributed by atoms with E-state index < -0.39 is 17.7 Å². The molecule has 1 amide bonds. The van der Waals surface area contributed by atoms with Crippen molar-refractivity contribution in [2.24, 2.45) is 0 Å². The van der Waals surface area contributed by atoms with Crippen LogP contribution in [-0.4, -0.2) is 28.8 Å². The predicted molar refractivity (Wildman–Crippen MR) is 104 cm³/mol.